The average Bonchev–Trinajstić information content (AvgIpc) is 2.69. The molecule has 0 bridgehead atoms. The van der Waals surface area contributed by atoms with Crippen LogP contribution in [0.4, 0.5) is 0 Å². The van der Waals surface area contributed by atoms with Gasteiger partial charge in [0.1, 0.15) is 0 Å². The summed E-state index contributed by atoms with van der Waals surface area (Å²) in [7, 11) is 0. The SMILES string of the molecule is CC(O)CN(CCCCC1OC(=O)C(CCCCN(CC(C)O)CC(C)O)OC1=O)CC(C)O. The van der Waals surface area contributed by atoms with Crippen LogP contribution in [0.25, 0.3) is 0 Å². The minimum atomic E-state index is -0.890. The lowest BCUT2D eigenvalue weighted by Crippen LogP contribution is -2.44. The van der Waals surface area contributed by atoms with Crippen molar-refractivity contribution in [2.75, 3.05) is 39.3 Å². The fraction of sp³-hybridized carbons (Fsp3) is 0.917. The maximum Gasteiger partial charge on any atom is 0.348 e. The lowest BCUT2D eigenvalue weighted by Gasteiger charge is -2.28. The molecular weight excluding hydrogens is 444 g/mol. The molecule has 6 unspecified atom stereocenters. The number of cyclic esters (lactones) is 2. The van der Waals surface area contributed by atoms with Crippen LogP contribution in [0.5, 0.6) is 0 Å². The predicted molar refractivity (Wildman–Crippen MR) is 127 cm³/mol. The number of hydrogen-bond donors (Lipinski definition) is 4. The molecule has 200 valence electrons. The summed E-state index contributed by atoms with van der Waals surface area (Å²) in [5.41, 5.74) is 0. The van der Waals surface area contributed by atoms with Crippen LogP contribution in [-0.4, -0.2) is 118 Å². The van der Waals surface area contributed by atoms with Crippen molar-refractivity contribution in [3.63, 3.8) is 0 Å². The van der Waals surface area contributed by atoms with Gasteiger partial charge in [0.05, 0.1) is 24.4 Å². The minimum Gasteiger partial charge on any atom is -0.448 e. The van der Waals surface area contributed by atoms with Crippen molar-refractivity contribution >= 4 is 11.9 Å². The molecule has 0 aliphatic carbocycles. The molecule has 1 rings (SSSR count). The van der Waals surface area contributed by atoms with E-state index >= 15 is 0 Å². The highest BCUT2D eigenvalue weighted by molar-refractivity contribution is 5.87. The number of esters is 2. The summed E-state index contributed by atoms with van der Waals surface area (Å²) in [6.45, 7) is 9.96. The van der Waals surface area contributed by atoms with E-state index < -0.39 is 48.6 Å². The zero-order valence-corrected chi connectivity index (χ0v) is 21.3. The van der Waals surface area contributed by atoms with Crippen LogP contribution in [-0.2, 0) is 19.1 Å². The summed E-state index contributed by atoms with van der Waals surface area (Å²) in [5.74, 6) is -1.03. The quantitative estimate of drug-likeness (QED) is 0.157. The molecule has 0 amide bonds. The first-order valence-electron chi connectivity index (χ1n) is 12.6. The summed E-state index contributed by atoms with van der Waals surface area (Å²) >= 11 is 0. The normalized spacial score (nSPS) is 22.4. The molecule has 0 aromatic rings. The van der Waals surface area contributed by atoms with Crippen LogP contribution in [0.1, 0.15) is 66.2 Å². The van der Waals surface area contributed by atoms with E-state index in [-0.39, 0.29) is 0 Å². The number of nitrogens with zero attached hydrogens (tertiary/aromatic N) is 2. The molecule has 0 aromatic heterocycles. The van der Waals surface area contributed by atoms with Crippen molar-refractivity contribution in [2.45, 2.75) is 103 Å². The number of unbranched alkanes of at least 4 members (excludes halogenated alkanes) is 2. The van der Waals surface area contributed by atoms with Gasteiger partial charge in [-0.05, 0) is 79.3 Å². The molecule has 1 aliphatic heterocycles. The first kappa shape index (κ1) is 30.7. The highest BCUT2D eigenvalue weighted by atomic mass is 16.6. The fourth-order valence-corrected chi connectivity index (χ4v) is 4.22. The van der Waals surface area contributed by atoms with Gasteiger partial charge in [-0.1, -0.05) is 0 Å². The Labute approximate surface area is 203 Å². The second-order valence-electron chi connectivity index (χ2n) is 9.76. The molecule has 4 N–H and O–H groups in total. The van der Waals surface area contributed by atoms with Crippen LogP contribution in [0.3, 0.4) is 0 Å². The van der Waals surface area contributed by atoms with Crippen molar-refractivity contribution in [3.05, 3.63) is 0 Å². The third-order valence-corrected chi connectivity index (χ3v) is 5.51. The smallest absolute Gasteiger partial charge is 0.348 e. The van der Waals surface area contributed by atoms with E-state index in [1.54, 1.807) is 27.7 Å². The maximum absolute atomic E-state index is 12.3. The van der Waals surface area contributed by atoms with E-state index in [1.165, 1.54) is 0 Å². The van der Waals surface area contributed by atoms with E-state index in [0.29, 0.717) is 65.0 Å². The highest BCUT2D eigenvalue weighted by Crippen LogP contribution is 2.19. The van der Waals surface area contributed by atoms with Gasteiger partial charge in [0.15, 0.2) is 12.2 Å². The molecular formula is C24H46N2O8. The van der Waals surface area contributed by atoms with E-state index in [9.17, 15) is 30.0 Å². The second-order valence-corrected chi connectivity index (χ2v) is 9.76. The molecule has 1 fully saturated rings. The van der Waals surface area contributed by atoms with Crippen LogP contribution < -0.4 is 0 Å². The molecule has 10 nitrogen and oxygen atoms in total. The third-order valence-electron chi connectivity index (χ3n) is 5.51. The first-order valence-corrected chi connectivity index (χ1v) is 12.6. The van der Waals surface area contributed by atoms with Crippen molar-refractivity contribution < 1.29 is 39.5 Å². The van der Waals surface area contributed by atoms with Crippen molar-refractivity contribution in [3.8, 4) is 0 Å². The molecule has 10 heteroatoms. The van der Waals surface area contributed by atoms with E-state index in [2.05, 4.69) is 0 Å². The fourth-order valence-electron chi connectivity index (χ4n) is 4.22. The van der Waals surface area contributed by atoms with Crippen LogP contribution in [0.15, 0.2) is 0 Å². The number of rotatable bonds is 18. The monoisotopic (exact) mass is 490 g/mol. The summed E-state index contributed by atoms with van der Waals surface area (Å²) in [6.07, 6.45) is -0.240. The number of carbonyl (C=O) groups excluding carboxylic acids is 2. The molecule has 0 radical (unpaired) electrons. The molecule has 34 heavy (non-hydrogen) atoms. The Morgan fingerprint density at radius 2 is 0.912 bits per heavy atom. The number of aliphatic hydroxyl groups is 4. The Morgan fingerprint density at radius 3 is 1.18 bits per heavy atom. The summed E-state index contributed by atoms with van der Waals surface area (Å²) in [4.78, 5) is 28.6. The number of hydrogen-bond acceptors (Lipinski definition) is 10. The largest absolute Gasteiger partial charge is 0.448 e. The Kier molecular flexibility index (Phi) is 14.8. The van der Waals surface area contributed by atoms with Gasteiger partial charge in [0, 0.05) is 26.2 Å². The van der Waals surface area contributed by atoms with Crippen LogP contribution in [0, 0.1) is 0 Å². The van der Waals surface area contributed by atoms with Gasteiger partial charge in [-0.15, -0.1) is 0 Å². The van der Waals surface area contributed by atoms with Crippen molar-refractivity contribution in [1.82, 2.24) is 9.80 Å². The second kappa shape index (κ2) is 16.4. The summed E-state index contributed by atoms with van der Waals surface area (Å²) in [5, 5.41) is 38.4. The standard InChI is InChI=1S/C24H46N2O8/c1-17(27)13-25(14-18(2)28)11-7-5-9-21-23(31)34-22(24(32)33-21)10-6-8-12-26(15-19(3)29)16-20(4)30/h17-22,27-30H,5-16H2,1-4H3. The number of aliphatic hydroxyl groups excluding tert-OH is 4. The lowest BCUT2D eigenvalue weighted by molar-refractivity contribution is -0.196. The Balaban J connectivity index is 2.34. The van der Waals surface area contributed by atoms with E-state index in [4.69, 9.17) is 9.47 Å². The maximum atomic E-state index is 12.3. The first-order chi connectivity index (χ1) is 16.0. The molecule has 0 aromatic carbocycles. The number of ether oxygens (including phenoxy) is 2. The van der Waals surface area contributed by atoms with Gasteiger partial charge in [-0.3, -0.25) is 9.80 Å². The minimum absolute atomic E-state index is 0.377. The van der Waals surface area contributed by atoms with Gasteiger partial charge in [0.2, 0.25) is 0 Å². The van der Waals surface area contributed by atoms with Gasteiger partial charge in [-0.25, -0.2) is 9.59 Å². The van der Waals surface area contributed by atoms with Gasteiger partial charge < -0.3 is 29.9 Å². The molecule has 0 saturated carbocycles. The summed E-state index contributed by atoms with van der Waals surface area (Å²) < 4.78 is 10.7. The Bertz CT molecular complexity index is 515. The lowest BCUT2D eigenvalue weighted by atomic mass is 10.1. The highest BCUT2D eigenvalue weighted by Gasteiger charge is 2.37. The van der Waals surface area contributed by atoms with Gasteiger partial charge in [-0.2, -0.15) is 0 Å². The Hall–Kier alpha value is -1.30. The molecule has 1 aliphatic rings. The molecule has 1 saturated heterocycles. The van der Waals surface area contributed by atoms with Gasteiger partial charge >= 0.3 is 11.9 Å². The third kappa shape index (κ3) is 13.6. The molecule has 0 spiro atoms. The predicted octanol–water partition coefficient (Wildman–Crippen LogP) is 0.291. The zero-order chi connectivity index (χ0) is 25.7. The van der Waals surface area contributed by atoms with E-state index in [1.807, 2.05) is 9.80 Å². The molecule has 6 atom stereocenters. The Morgan fingerprint density at radius 1 is 0.618 bits per heavy atom. The van der Waals surface area contributed by atoms with Crippen LogP contribution >= 0.6 is 0 Å². The zero-order valence-electron chi connectivity index (χ0n) is 21.3. The molecule has 1 heterocycles. The van der Waals surface area contributed by atoms with Gasteiger partial charge in [0.25, 0.3) is 0 Å². The van der Waals surface area contributed by atoms with Crippen molar-refractivity contribution in [1.29, 1.82) is 0 Å². The number of carbonyl (C=O) groups is 2. The summed E-state index contributed by atoms with van der Waals surface area (Å²) in [6, 6.07) is 0. The van der Waals surface area contributed by atoms with E-state index in [0.717, 1.165) is 12.8 Å². The van der Waals surface area contributed by atoms with Crippen molar-refractivity contribution in [2.24, 2.45) is 0 Å². The van der Waals surface area contributed by atoms with Crippen LogP contribution in [0.2, 0.25) is 0 Å². The average molecular weight is 491 g/mol. The topological polar surface area (TPSA) is 140 Å².